The fourth-order valence-electron chi connectivity index (χ4n) is 1.15. The molecule has 4 heteroatoms. The molecule has 0 saturated heterocycles. The highest BCUT2D eigenvalue weighted by Crippen LogP contribution is 2.00. The van der Waals surface area contributed by atoms with Crippen molar-refractivity contribution in [2.45, 2.75) is 6.54 Å². The summed E-state index contributed by atoms with van der Waals surface area (Å²) in [6.45, 7) is 0.766. The van der Waals surface area contributed by atoms with Crippen LogP contribution in [0.5, 0.6) is 0 Å². The third-order valence-corrected chi connectivity index (χ3v) is 1.65. The lowest BCUT2D eigenvalue weighted by Gasteiger charge is -2.00. The van der Waals surface area contributed by atoms with Crippen LogP contribution in [-0.4, -0.2) is 25.9 Å². The number of rotatable bonds is 2. The van der Waals surface area contributed by atoms with E-state index in [9.17, 15) is 0 Å². The van der Waals surface area contributed by atoms with Crippen molar-refractivity contribution in [1.29, 1.82) is 0 Å². The molecule has 2 heterocycles. The van der Waals surface area contributed by atoms with Crippen LogP contribution in [0, 0.1) is 0 Å². The summed E-state index contributed by atoms with van der Waals surface area (Å²) in [5, 5.41) is 8.68. The van der Waals surface area contributed by atoms with Gasteiger partial charge in [0.25, 0.3) is 0 Å². The Balaban J connectivity index is 2.51. The Bertz CT molecular complexity index is 349. The predicted octanol–water partition coefficient (Wildman–Crippen LogP) is 0.128. The highest BCUT2D eigenvalue weighted by Gasteiger charge is 1.97. The summed E-state index contributed by atoms with van der Waals surface area (Å²) in [7, 11) is 0. The topological polar surface area (TPSA) is 42.5 Å². The number of aliphatic hydroxyl groups is 1. The summed E-state index contributed by atoms with van der Waals surface area (Å²) >= 11 is 0. The van der Waals surface area contributed by atoms with E-state index in [4.69, 9.17) is 5.11 Å². The molecule has 1 N–H and O–H groups in total. The summed E-state index contributed by atoms with van der Waals surface area (Å²) < 4.78 is 3.80. The van der Waals surface area contributed by atoms with Crippen molar-refractivity contribution in [2.75, 3.05) is 6.61 Å². The fourth-order valence-corrected chi connectivity index (χ4v) is 1.15. The molecular formula is C7H9N3O. The van der Waals surface area contributed by atoms with Crippen LogP contribution in [0.2, 0.25) is 0 Å². The van der Waals surface area contributed by atoms with Gasteiger partial charge in [0, 0.05) is 24.7 Å². The van der Waals surface area contributed by atoms with Crippen molar-refractivity contribution in [3.05, 3.63) is 24.7 Å². The first kappa shape index (κ1) is 6.42. The number of imidazole rings is 1. The maximum atomic E-state index is 8.68. The normalized spacial score (nSPS) is 11.0. The second-order valence-corrected chi connectivity index (χ2v) is 2.33. The Morgan fingerprint density at radius 1 is 1.45 bits per heavy atom. The monoisotopic (exact) mass is 151 g/mol. The number of aliphatic hydroxyl groups excluding tert-OH is 1. The zero-order chi connectivity index (χ0) is 7.68. The summed E-state index contributed by atoms with van der Waals surface area (Å²) in [6.07, 6.45) is 5.51. The predicted molar refractivity (Wildman–Crippen MR) is 40.3 cm³/mol. The maximum absolute atomic E-state index is 8.68. The number of hydrogen-bond donors (Lipinski definition) is 1. The lowest BCUT2D eigenvalue weighted by atomic mass is 10.7. The van der Waals surface area contributed by atoms with Gasteiger partial charge in [0.15, 0.2) is 5.65 Å². The van der Waals surface area contributed by atoms with Gasteiger partial charge in [-0.3, -0.25) is 4.68 Å². The van der Waals surface area contributed by atoms with Gasteiger partial charge in [-0.2, -0.15) is 0 Å². The van der Waals surface area contributed by atoms with Crippen LogP contribution >= 0.6 is 0 Å². The molecule has 2 aromatic heterocycles. The molecule has 0 atom stereocenters. The lowest BCUT2D eigenvalue weighted by Crippen LogP contribution is -2.06. The highest BCUT2D eigenvalue weighted by atomic mass is 16.3. The van der Waals surface area contributed by atoms with Crippen molar-refractivity contribution in [3.63, 3.8) is 0 Å². The van der Waals surface area contributed by atoms with E-state index in [0.29, 0.717) is 6.54 Å². The van der Waals surface area contributed by atoms with Gasteiger partial charge in [0.1, 0.15) is 0 Å². The van der Waals surface area contributed by atoms with Crippen molar-refractivity contribution < 1.29 is 5.11 Å². The molecule has 0 aromatic carbocycles. The zero-order valence-electron chi connectivity index (χ0n) is 6.01. The Morgan fingerprint density at radius 2 is 2.36 bits per heavy atom. The molecule has 0 bridgehead atoms. The van der Waals surface area contributed by atoms with Gasteiger partial charge in [0.05, 0.1) is 13.2 Å². The van der Waals surface area contributed by atoms with Crippen molar-refractivity contribution in [3.8, 4) is 0 Å². The van der Waals surface area contributed by atoms with Crippen molar-refractivity contribution in [2.24, 2.45) is 0 Å². The van der Waals surface area contributed by atoms with Crippen LogP contribution in [0.1, 0.15) is 0 Å². The number of nitrogens with zero attached hydrogens (tertiary/aromatic N) is 3. The van der Waals surface area contributed by atoms with Gasteiger partial charge in [-0.1, -0.05) is 0 Å². The Labute approximate surface area is 63.7 Å². The van der Waals surface area contributed by atoms with Gasteiger partial charge >= 0.3 is 0 Å². The molecule has 0 aliphatic rings. The second kappa shape index (κ2) is 2.39. The van der Waals surface area contributed by atoms with E-state index in [1.54, 1.807) is 6.20 Å². The van der Waals surface area contributed by atoms with E-state index in [1.807, 2.05) is 27.7 Å². The van der Waals surface area contributed by atoms with E-state index in [-0.39, 0.29) is 6.61 Å². The maximum Gasteiger partial charge on any atom is 0.152 e. The van der Waals surface area contributed by atoms with E-state index in [0.717, 1.165) is 5.65 Å². The Morgan fingerprint density at radius 3 is 3.18 bits per heavy atom. The summed E-state index contributed by atoms with van der Waals surface area (Å²) in [6, 6.07) is 1.91. The standard InChI is InChI=1S/C7H9N3O/c11-6-5-9-3-1-7-8-2-4-10(7)9/h1-4,11H,5-6H2. The van der Waals surface area contributed by atoms with E-state index < -0.39 is 0 Å². The van der Waals surface area contributed by atoms with Crippen molar-refractivity contribution >= 4 is 5.65 Å². The largest absolute Gasteiger partial charge is 0.394 e. The molecule has 0 aliphatic heterocycles. The molecule has 0 unspecified atom stereocenters. The Hall–Kier alpha value is -1.29. The molecule has 0 aliphatic carbocycles. The van der Waals surface area contributed by atoms with Crippen LogP contribution in [0.25, 0.3) is 5.65 Å². The van der Waals surface area contributed by atoms with E-state index in [1.165, 1.54) is 0 Å². The number of fused-ring (bicyclic) bond motifs is 1. The van der Waals surface area contributed by atoms with Gasteiger partial charge in [0.2, 0.25) is 0 Å². The average molecular weight is 151 g/mol. The molecule has 11 heavy (non-hydrogen) atoms. The molecule has 58 valence electrons. The molecule has 0 spiro atoms. The van der Waals surface area contributed by atoms with Crippen LogP contribution in [0.15, 0.2) is 24.7 Å². The van der Waals surface area contributed by atoms with Crippen LogP contribution in [0.3, 0.4) is 0 Å². The van der Waals surface area contributed by atoms with Crippen LogP contribution in [-0.2, 0) is 6.54 Å². The minimum atomic E-state index is 0.155. The summed E-state index contributed by atoms with van der Waals surface area (Å²) in [5.41, 5.74) is 0.915. The smallest absolute Gasteiger partial charge is 0.152 e. The SMILES string of the molecule is OCCn1ccc2nccn21. The number of hydrogen-bond acceptors (Lipinski definition) is 2. The molecule has 0 radical (unpaired) electrons. The van der Waals surface area contributed by atoms with Gasteiger partial charge in [-0.15, -0.1) is 0 Å². The first-order valence-corrected chi connectivity index (χ1v) is 3.51. The zero-order valence-corrected chi connectivity index (χ0v) is 6.01. The van der Waals surface area contributed by atoms with Crippen LogP contribution in [0.4, 0.5) is 0 Å². The van der Waals surface area contributed by atoms with Gasteiger partial charge in [-0.05, 0) is 0 Å². The van der Waals surface area contributed by atoms with Gasteiger partial charge in [-0.25, -0.2) is 9.50 Å². The minimum Gasteiger partial charge on any atom is -0.394 e. The van der Waals surface area contributed by atoms with E-state index >= 15 is 0 Å². The highest BCUT2D eigenvalue weighted by molar-refractivity contribution is 5.35. The minimum absolute atomic E-state index is 0.155. The summed E-state index contributed by atoms with van der Waals surface area (Å²) in [4.78, 5) is 4.08. The molecule has 0 saturated carbocycles. The van der Waals surface area contributed by atoms with Gasteiger partial charge < -0.3 is 5.11 Å². The molecule has 0 fully saturated rings. The first-order valence-electron chi connectivity index (χ1n) is 3.51. The number of aromatic nitrogens is 3. The second-order valence-electron chi connectivity index (χ2n) is 2.33. The van der Waals surface area contributed by atoms with Crippen LogP contribution < -0.4 is 0 Å². The fraction of sp³-hybridized carbons (Fsp3) is 0.286. The average Bonchev–Trinajstić information content (AvgIpc) is 2.53. The Kier molecular flexibility index (Phi) is 1.40. The molecule has 0 amide bonds. The molecular weight excluding hydrogens is 142 g/mol. The third kappa shape index (κ3) is 0.914. The lowest BCUT2D eigenvalue weighted by molar-refractivity contribution is 0.267. The van der Waals surface area contributed by atoms with E-state index in [2.05, 4.69) is 4.98 Å². The molecule has 4 nitrogen and oxygen atoms in total. The summed E-state index contributed by atoms with van der Waals surface area (Å²) in [5.74, 6) is 0. The third-order valence-electron chi connectivity index (χ3n) is 1.65. The first-order chi connectivity index (χ1) is 5.42. The van der Waals surface area contributed by atoms with Crippen molar-refractivity contribution in [1.82, 2.24) is 14.2 Å². The molecule has 2 aromatic rings. The quantitative estimate of drug-likeness (QED) is 0.662. The molecule has 2 rings (SSSR count).